The molecule has 0 aliphatic carbocycles. The van der Waals surface area contributed by atoms with Crippen molar-refractivity contribution in [3.05, 3.63) is 53.6 Å². The normalized spacial score (nSPS) is 18.2. The van der Waals surface area contributed by atoms with Gasteiger partial charge < -0.3 is 4.90 Å². The van der Waals surface area contributed by atoms with E-state index in [9.17, 15) is 9.18 Å². The SMILES string of the molecule is Cn1nccc1C(=O)N1CCC(Cc2ccc(F)cc2)C1. The molecular formula is C16H18FN3O. The molecule has 1 saturated heterocycles. The average Bonchev–Trinajstić information content (AvgIpc) is 3.10. The van der Waals surface area contributed by atoms with Crippen LogP contribution in [0.4, 0.5) is 4.39 Å². The molecule has 0 saturated carbocycles. The smallest absolute Gasteiger partial charge is 0.272 e. The first kappa shape index (κ1) is 13.8. The van der Waals surface area contributed by atoms with E-state index in [1.54, 1.807) is 24.0 Å². The van der Waals surface area contributed by atoms with Crippen LogP contribution in [-0.2, 0) is 13.5 Å². The van der Waals surface area contributed by atoms with E-state index in [-0.39, 0.29) is 11.7 Å². The van der Waals surface area contributed by atoms with E-state index < -0.39 is 0 Å². The quantitative estimate of drug-likeness (QED) is 0.868. The summed E-state index contributed by atoms with van der Waals surface area (Å²) in [7, 11) is 1.78. The van der Waals surface area contributed by atoms with Gasteiger partial charge in [-0.2, -0.15) is 5.10 Å². The average molecular weight is 287 g/mol. The first-order valence-electron chi connectivity index (χ1n) is 7.15. The van der Waals surface area contributed by atoms with Gasteiger partial charge in [-0.25, -0.2) is 4.39 Å². The fourth-order valence-corrected chi connectivity index (χ4v) is 2.88. The Balaban J connectivity index is 1.62. The van der Waals surface area contributed by atoms with Crippen LogP contribution >= 0.6 is 0 Å². The lowest BCUT2D eigenvalue weighted by Gasteiger charge is -2.16. The number of aryl methyl sites for hydroxylation is 1. The van der Waals surface area contributed by atoms with Crippen LogP contribution in [0.5, 0.6) is 0 Å². The minimum absolute atomic E-state index is 0.0385. The molecule has 0 bridgehead atoms. The summed E-state index contributed by atoms with van der Waals surface area (Å²) in [5.74, 6) is 0.266. The molecule has 2 aromatic rings. The van der Waals surface area contributed by atoms with Crippen LogP contribution in [0.25, 0.3) is 0 Å². The van der Waals surface area contributed by atoms with Crippen molar-refractivity contribution >= 4 is 5.91 Å². The Morgan fingerprint density at radius 2 is 2.10 bits per heavy atom. The van der Waals surface area contributed by atoms with Gasteiger partial charge in [0.1, 0.15) is 11.5 Å². The highest BCUT2D eigenvalue weighted by molar-refractivity contribution is 5.92. The number of benzene rings is 1. The van der Waals surface area contributed by atoms with E-state index in [0.29, 0.717) is 11.6 Å². The van der Waals surface area contributed by atoms with Crippen LogP contribution in [0, 0.1) is 11.7 Å². The molecule has 1 amide bonds. The second-order valence-corrected chi connectivity index (χ2v) is 5.58. The zero-order valence-electron chi connectivity index (χ0n) is 12.0. The van der Waals surface area contributed by atoms with Gasteiger partial charge in [0, 0.05) is 26.3 Å². The Bertz CT molecular complexity index is 635. The molecule has 1 unspecified atom stereocenters. The predicted molar refractivity (Wildman–Crippen MR) is 77.3 cm³/mol. The monoisotopic (exact) mass is 287 g/mol. The van der Waals surface area contributed by atoms with Crippen LogP contribution in [0.1, 0.15) is 22.5 Å². The van der Waals surface area contributed by atoms with Gasteiger partial charge in [-0.1, -0.05) is 12.1 Å². The Morgan fingerprint density at radius 3 is 2.76 bits per heavy atom. The lowest BCUT2D eigenvalue weighted by molar-refractivity contribution is 0.0776. The van der Waals surface area contributed by atoms with E-state index in [2.05, 4.69) is 5.10 Å². The molecule has 21 heavy (non-hydrogen) atoms. The van der Waals surface area contributed by atoms with Crippen molar-refractivity contribution in [2.24, 2.45) is 13.0 Å². The number of rotatable bonds is 3. The van der Waals surface area contributed by atoms with Gasteiger partial charge in [-0.3, -0.25) is 9.48 Å². The standard InChI is InChI=1S/C16H18FN3O/c1-19-15(6-8-18-19)16(21)20-9-7-13(11-20)10-12-2-4-14(17)5-3-12/h2-6,8,13H,7,9-11H2,1H3. The van der Waals surface area contributed by atoms with E-state index in [0.717, 1.165) is 31.5 Å². The second-order valence-electron chi connectivity index (χ2n) is 5.58. The largest absolute Gasteiger partial charge is 0.337 e. The Labute approximate surface area is 123 Å². The molecule has 0 radical (unpaired) electrons. The highest BCUT2D eigenvalue weighted by Crippen LogP contribution is 2.22. The Kier molecular flexibility index (Phi) is 3.73. The molecule has 1 aliphatic rings. The van der Waals surface area contributed by atoms with Crippen LogP contribution in [0.2, 0.25) is 0 Å². The Hall–Kier alpha value is -2.17. The van der Waals surface area contributed by atoms with E-state index in [4.69, 9.17) is 0 Å². The van der Waals surface area contributed by atoms with Crippen LogP contribution < -0.4 is 0 Å². The lowest BCUT2D eigenvalue weighted by atomic mass is 9.99. The zero-order chi connectivity index (χ0) is 14.8. The maximum absolute atomic E-state index is 12.9. The van der Waals surface area contributed by atoms with Gasteiger partial charge in [0.25, 0.3) is 5.91 Å². The molecular weight excluding hydrogens is 269 g/mol. The van der Waals surface area contributed by atoms with Crippen LogP contribution in [-0.4, -0.2) is 33.7 Å². The molecule has 0 N–H and O–H groups in total. The maximum Gasteiger partial charge on any atom is 0.272 e. The zero-order valence-corrected chi connectivity index (χ0v) is 12.0. The number of likely N-dealkylation sites (tertiary alicyclic amines) is 1. The molecule has 1 aliphatic heterocycles. The molecule has 0 spiro atoms. The molecule has 2 heterocycles. The number of carbonyl (C=O) groups is 1. The fourth-order valence-electron chi connectivity index (χ4n) is 2.88. The number of nitrogens with zero attached hydrogens (tertiary/aromatic N) is 3. The van der Waals surface area contributed by atoms with Crippen molar-refractivity contribution in [2.45, 2.75) is 12.8 Å². The number of hydrogen-bond acceptors (Lipinski definition) is 2. The van der Waals surface area contributed by atoms with Gasteiger partial charge >= 0.3 is 0 Å². The highest BCUT2D eigenvalue weighted by atomic mass is 19.1. The molecule has 1 aromatic heterocycles. The second kappa shape index (κ2) is 5.68. The Morgan fingerprint density at radius 1 is 1.33 bits per heavy atom. The molecule has 5 heteroatoms. The van der Waals surface area contributed by atoms with Crippen molar-refractivity contribution in [1.29, 1.82) is 0 Å². The molecule has 1 aromatic carbocycles. The third-order valence-electron chi connectivity index (χ3n) is 4.05. The van der Waals surface area contributed by atoms with Gasteiger partial charge in [-0.05, 0) is 42.5 Å². The van der Waals surface area contributed by atoms with Crippen LogP contribution in [0.3, 0.4) is 0 Å². The highest BCUT2D eigenvalue weighted by Gasteiger charge is 2.28. The summed E-state index contributed by atoms with van der Waals surface area (Å²) in [5, 5.41) is 4.04. The third kappa shape index (κ3) is 2.96. The first-order chi connectivity index (χ1) is 10.1. The van der Waals surface area contributed by atoms with Crippen molar-refractivity contribution < 1.29 is 9.18 Å². The maximum atomic E-state index is 12.9. The summed E-state index contributed by atoms with van der Waals surface area (Å²) in [6.07, 6.45) is 3.51. The first-order valence-corrected chi connectivity index (χ1v) is 7.15. The third-order valence-corrected chi connectivity index (χ3v) is 4.05. The summed E-state index contributed by atoms with van der Waals surface area (Å²) >= 11 is 0. The van der Waals surface area contributed by atoms with Crippen LogP contribution in [0.15, 0.2) is 36.5 Å². The lowest BCUT2D eigenvalue weighted by Crippen LogP contribution is -2.30. The predicted octanol–water partition coefficient (Wildman–Crippen LogP) is 2.26. The number of aromatic nitrogens is 2. The molecule has 110 valence electrons. The van der Waals surface area contributed by atoms with Gasteiger partial charge in [0.05, 0.1) is 0 Å². The summed E-state index contributed by atoms with van der Waals surface area (Å²) in [4.78, 5) is 14.3. The van der Waals surface area contributed by atoms with Crippen molar-refractivity contribution in [3.8, 4) is 0 Å². The molecule has 3 rings (SSSR count). The molecule has 1 atom stereocenters. The fraction of sp³-hybridized carbons (Fsp3) is 0.375. The molecule has 1 fully saturated rings. The number of carbonyl (C=O) groups excluding carboxylic acids is 1. The van der Waals surface area contributed by atoms with E-state index in [1.165, 1.54) is 12.1 Å². The number of amides is 1. The van der Waals surface area contributed by atoms with Crippen molar-refractivity contribution in [2.75, 3.05) is 13.1 Å². The van der Waals surface area contributed by atoms with Crippen molar-refractivity contribution in [1.82, 2.24) is 14.7 Å². The summed E-state index contributed by atoms with van der Waals surface area (Å²) < 4.78 is 14.5. The van der Waals surface area contributed by atoms with E-state index >= 15 is 0 Å². The van der Waals surface area contributed by atoms with E-state index in [1.807, 2.05) is 17.0 Å². The summed E-state index contributed by atoms with van der Waals surface area (Å²) in [5.41, 5.74) is 1.74. The van der Waals surface area contributed by atoms with Gasteiger partial charge in [0.15, 0.2) is 0 Å². The topological polar surface area (TPSA) is 38.1 Å². The molecule has 4 nitrogen and oxygen atoms in total. The van der Waals surface area contributed by atoms with Crippen molar-refractivity contribution in [3.63, 3.8) is 0 Å². The van der Waals surface area contributed by atoms with Gasteiger partial charge in [0.2, 0.25) is 0 Å². The minimum Gasteiger partial charge on any atom is -0.337 e. The van der Waals surface area contributed by atoms with Gasteiger partial charge in [-0.15, -0.1) is 0 Å². The minimum atomic E-state index is -0.210. The summed E-state index contributed by atoms with van der Waals surface area (Å²) in [6.45, 7) is 1.53. The number of halogens is 1. The summed E-state index contributed by atoms with van der Waals surface area (Å²) in [6, 6.07) is 8.36. The number of hydrogen-bond donors (Lipinski definition) is 0.